The molecule has 5 rings (SSSR count). The predicted molar refractivity (Wildman–Crippen MR) is 273 cm³/mol. The number of piperidine rings is 4. The molecule has 0 aromatic heterocycles. The van der Waals surface area contributed by atoms with E-state index in [1.165, 1.54) is 6.07 Å². The lowest BCUT2D eigenvalue weighted by molar-refractivity contribution is -0.147. The molecule has 70 heavy (non-hydrogen) atoms. The quantitative estimate of drug-likeness (QED) is 0.102. The van der Waals surface area contributed by atoms with Gasteiger partial charge in [-0.25, -0.2) is 0 Å². The number of nitrogens with one attached hydrogen (secondary N) is 4. The molecule has 0 bridgehead atoms. The van der Waals surface area contributed by atoms with E-state index in [1.54, 1.807) is 0 Å². The van der Waals surface area contributed by atoms with Crippen LogP contribution in [0, 0.1) is 41.4 Å². The molecule has 14 heteroatoms. The van der Waals surface area contributed by atoms with E-state index in [9.17, 15) is 24.0 Å². The first-order chi connectivity index (χ1) is 31.7. The van der Waals surface area contributed by atoms with Gasteiger partial charge in [-0.3, -0.25) is 24.0 Å². The van der Waals surface area contributed by atoms with Crippen molar-refractivity contribution in [1.82, 2.24) is 21.3 Å². The van der Waals surface area contributed by atoms with E-state index in [-0.39, 0.29) is 23.3 Å². The summed E-state index contributed by atoms with van der Waals surface area (Å²) < 4.78 is 32.4. The van der Waals surface area contributed by atoms with Crippen LogP contribution < -0.4 is 45.0 Å². The number of hydrogen-bond acceptors (Lipinski definition) is 14. The van der Waals surface area contributed by atoms with E-state index in [4.69, 9.17) is 23.7 Å². The molecule has 4 aliphatic rings. The molecule has 0 unspecified atom stereocenters. The molecule has 1 aromatic rings. The van der Waals surface area contributed by atoms with Crippen LogP contribution in [0.25, 0.3) is 0 Å². The molecule has 4 aliphatic heterocycles. The molecule has 0 spiro atoms. The Kier molecular flexibility index (Phi) is 16.7. The van der Waals surface area contributed by atoms with Gasteiger partial charge < -0.3 is 45.0 Å². The summed E-state index contributed by atoms with van der Waals surface area (Å²) in [5.74, 6) is -7.95. The normalized spacial score (nSPS) is 23.9. The minimum Gasteiger partial charge on any atom is -0.422 e. The van der Waals surface area contributed by atoms with E-state index in [1.807, 2.05) is 138 Å². The largest absolute Gasteiger partial charge is 0.422 e. The fourth-order valence-electron chi connectivity index (χ4n) is 13.3. The van der Waals surface area contributed by atoms with Crippen LogP contribution in [0.1, 0.15) is 203 Å². The van der Waals surface area contributed by atoms with Gasteiger partial charge in [-0.1, -0.05) is 27.7 Å². The molecule has 1 aromatic carbocycles. The maximum atomic E-state index is 15.0. The number of esters is 5. The molecule has 0 radical (unpaired) electrons. The van der Waals surface area contributed by atoms with Gasteiger partial charge in [0, 0.05) is 50.4 Å². The SMILES string of the molecule is CC(C)CC(CC(C)C)C(=O)Oc1c(OC(=O)C2CC(C)(C)NC(C)(C)C2)cc(OC(=O)C2CC(C)(C)NC(C)(C)C2)c(OC(=O)C2CC(C)(C)NC(C)(C)C2)c1OC(=O)C1CC(C)(C)NC(C)(C)C1. The number of rotatable bonds is 14. The van der Waals surface area contributed by atoms with Crippen LogP contribution in [-0.2, 0) is 24.0 Å². The third kappa shape index (κ3) is 15.7. The number of benzene rings is 1. The number of ether oxygens (including phenoxy) is 5. The summed E-state index contributed by atoms with van der Waals surface area (Å²) in [6.45, 7) is 40.5. The first-order valence-corrected chi connectivity index (χ1v) is 26.1. The van der Waals surface area contributed by atoms with Gasteiger partial charge >= 0.3 is 29.8 Å². The third-order valence-corrected chi connectivity index (χ3v) is 14.1. The first-order valence-electron chi connectivity index (χ1n) is 26.1. The van der Waals surface area contributed by atoms with Gasteiger partial charge in [-0.2, -0.15) is 0 Å². The highest BCUT2D eigenvalue weighted by molar-refractivity contribution is 5.88. The van der Waals surface area contributed by atoms with Crippen LogP contribution >= 0.6 is 0 Å². The summed E-state index contributed by atoms with van der Waals surface area (Å²) in [7, 11) is 0. The minimum atomic E-state index is -0.674. The molecule has 4 N–H and O–H groups in total. The van der Waals surface area contributed by atoms with Crippen LogP contribution in [-0.4, -0.2) is 74.2 Å². The average Bonchev–Trinajstić information content (AvgIpc) is 3.11. The fraction of sp³-hybridized carbons (Fsp3) is 0.804. The van der Waals surface area contributed by atoms with Gasteiger partial charge in [0.1, 0.15) is 0 Å². The van der Waals surface area contributed by atoms with E-state index >= 15 is 0 Å². The molecule has 0 saturated carbocycles. The summed E-state index contributed by atoms with van der Waals surface area (Å²) in [5.41, 5.74) is -3.63. The molecular formula is C56H92N4O10. The predicted octanol–water partition coefficient (Wildman–Crippen LogP) is 10.1. The van der Waals surface area contributed by atoms with Crippen LogP contribution in [0.15, 0.2) is 6.07 Å². The van der Waals surface area contributed by atoms with Crippen molar-refractivity contribution in [2.24, 2.45) is 41.4 Å². The van der Waals surface area contributed by atoms with Gasteiger partial charge in [0.25, 0.3) is 0 Å². The summed E-state index contributed by atoms with van der Waals surface area (Å²) in [4.78, 5) is 74.2. The van der Waals surface area contributed by atoms with Crippen molar-refractivity contribution >= 4 is 29.8 Å². The Labute approximate surface area is 420 Å². The number of hydrogen-bond donors (Lipinski definition) is 4. The molecule has 0 atom stereocenters. The molecule has 0 amide bonds. The molecule has 396 valence electrons. The smallest absolute Gasteiger partial charge is 0.314 e. The topological polar surface area (TPSA) is 180 Å². The summed E-state index contributed by atoms with van der Waals surface area (Å²) in [6, 6.07) is 1.29. The summed E-state index contributed by atoms with van der Waals surface area (Å²) in [6.07, 6.45) is 4.29. The van der Waals surface area contributed by atoms with Crippen molar-refractivity contribution in [3.63, 3.8) is 0 Å². The molecule has 0 aliphatic carbocycles. The second-order valence-corrected chi connectivity index (χ2v) is 27.9. The lowest BCUT2D eigenvalue weighted by atomic mass is 9.76. The lowest BCUT2D eigenvalue weighted by Gasteiger charge is -2.46. The number of carbonyl (C=O) groups is 5. The van der Waals surface area contributed by atoms with Crippen molar-refractivity contribution in [2.75, 3.05) is 0 Å². The monoisotopic (exact) mass is 981 g/mol. The van der Waals surface area contributed by atoms with Crippen LogP contribution in [0.3, 0.4) is 0 Å². The van der Waals surface area contributed by atoms with Crippen LogP contribution in [0.2, 0.25) is 0 Å². The first kappa shape index (κ1) is 57.3. The maximum absolute atomic E-state index is 15.0. The highest BCUT2D eigenvalue weighted by Crippen LogP contribution is 2.53. The van der Waals surface area contributed by atoms with Gasteiger partial charge in [0.05, 0.1) is 29.6 Å². The van der Waals surface area contributed by atoms with E-state index in [0.29, 0.717) is 64.2 Å². The average molecular weight is 981 g/mol. The molecule has 4 fully saturated rings. The van der Waals surface area contributed by atoms with Gasteiger partial charge in [-0.15, -0.1) is 0 Å². The molecule has 4 heterocycles. The summed E-state index contributed by atoms with van der Waals surface area (Å²) >= 11 is 0. The van der Waals surface area contributed by atoms with Crippen LogP contribution in [0.4, 0.5) is 0 Å². The van der Waals surface area contributed by atoms with Gasteiger partial charge in [0.2, 0.25) is 17.2 Å². The highest BCUT2D eigenvalue weighted by Gasteiger charge is 2.48. The molecular weight excluding hydrogens is 889 g/mol. The van der Waals surface area contributed by atoms with Gasteiger partial charge in [0.15, 0.2) is 11.5 Å². The van der Waals surface area contributed by atoms with Crippen molar-refractivity contribution < 1.29 is 47.7 Å². The third-order valence-electron chi connectivity index (χ3n) is 14.1. The Morgan fingerprint density at radius 1 is 0.400 bits per heavy atom. The van der Waals surface area contributed by atoms with Gasteiger partial charge in [-0.05, 0) is 187 Å². The highest BCUT2D eigenvalue weighted by atomic mass is 16.6. The maximum Gasteiger partial charge on any atom is 0.314 e. The lowest BCUT2D eigenvalue weighted by Crippen LogP contribution is -2.59. The standard InChI is InChI=1S/C56H92N4O10/c1-32(2)21-34(22-33(3)4)44(61)68-41-39(66-45(62)35-24-49(5,6)57-50(7,8)25-35)23-40(67-46(63)36-26-51(9,10)58-52(11,12)27-36)42(69-47(64)37-28-53(13,14)59-54(15,16)29-37)43(41)70-48(65)38-30-55(17,18)60-56(19,20)31-38/h23,32-38,57-60H,21-22,24-31H2,1-20H3. The molecule has 14 nitrogen and oxygen atoms in total. The second-order valence-electron chi connectivity index (χ2n) is 27.9. The van der Waals surface area contributed by atoms with E-state index < -0.39 is 121 Å². The van der Waals surface area contributed by atoms with E-state index in [0.717, 1.165) is 0 Å². The Hall–Kier alpha value is -3.59. The van der Waals surface area contributed by atoms with Crippen molar-refractivity contribution in [2.45, 2.75) is 247 Å². The zero-order chi connectivity index (χ0) is 53.0. The van der Waals surface area contributed by atoms with Crippen molar-refractivity contribution in [1.29, 1.82) is 0 Å². The van der Waals surface area contributed by atoms with E-state index in [2.05, 4.69) is 21.3 Å². The zero-order valence-corrected chi connectivity index (χ0v) is 46.8. The minimum absolute atomic E-state index is 0.117. The Morgan fingerprint density at radius 2 is 0.629 bits per heavy atom. The second kappa shape index (κ2) is 20.4. The Morgan fingerprint density at radius 3 is 0.886 bits per heavy atom. The summed E-state index contributed by atoms with van der Waals surface area (Å²) in [5, 5.41) is 14.5. The number of carbonyl (C=O) groups excluding carboxylic acids is 5. The fourth-order valence-corrected chi connectivity index (χ4v) is 13.3. The molecule has 4 saturated heterocycles. The zero-order valence-electron chi connectivity index (χ0n) is 46.8. The van der Waals surface area contributed by atoms with Crippen molar-refractivity contribution in [3.8, 4) is 28.7 Å². The Balaban J connectivity index is 1.80. The Bertz CT molecular complexity index is 2060. The van der Waals surface area contributed by atoms with Crippen LogP contribution in [0.5, 0.6) is 28.7 Å². The van der Waals surface area contributed by atoms with Crippen molar-refractivity contribution in [3.05, 3.63) is 6.07 Å².